The van der Waals surface area contributed by atoms with Gasteiger partial charge in [-0.25, -0.2) is 4.79 Å². The van der Waals surface area contributed by atoms with E-state index in [1.54, 1.807) is 4.90 Å². The first-order chi connectivity index (χ1) is 10.2. The van der Waals surface area contributed by atoms with Crippen molar-refractivity contribution < 1.29 is 14.6 Å². The molecule has 1 N–H and O–H groups in total. The van der Waals surface area contributed by atoms with Crippen molar-refractivity contribution in [2.45, 2.75) is 59.5 Å². The van der Waals surface area contributed by atoms with Gasteiger partial charge in [-0.2, -0.15) is 5.10 Å². The predicted octanol–water partition coefficient (Wildman–Crippen LogP) is 3.38. The van der Waals surface area contributed by atoms with Crippen LogP contribution in [-0.2, 0) is 4.74 Å². The summed E-state index contributed by atoms with van der Waals surface area (Å²) in [6, 6.07) is 0. The van der Waals surface area contributed by atoms with Crippen LogP contribution in [0.1, 0.15) is 53.9 Å². The van der Waals surface area contributed by atoms with Crippen molar-refractivity contribution in [1.82, 2.24) is 4.90 Å². The maximum atomic E-state index is 12.1. The molecule has 1 atom stereocenters. The molecule has 1 fully saturated rings. The molecule has 1 unspecified atom stereocenters. The number of likely N-dealkylation sites (tertiary alicyclic amines) is 1. The highest BCUT2D eigenvalue weighted by molar-refractivity contribution is 6.11. The molecule has 0 aromatic heterocycles. The molecule has 22 heavy (non-hydrogen) atoms. The molecule has 1 amide bonds. The molecule has 0 aromatic rings. The minimum atomic E-state index is -0.468. The summed E-state index contributed by atoms with van der Waals surface area (Å²) in [4.78, 5) is 13.8. The number of aliphatic hydroxyl groups excluding tert-OH is 1. The summed E-state index contributed by atoms with van der Waals surface area (Å²) in [5, 5.41) is 18.1. The van der Waals surface area contributed by atoms with Crippen molar-refractivity contribution in [2.24, 2.45) is 21.5 Å². The molecule has 6 heteroatoms. The van der Waals surface area contributed by atoms with Gasteiger partial charge in [0.2, 0.25) is 5.90 Å². The molecule has 0 bridgehead atoms. The molecule has 2 aliphatic heterocycles. The number of hydrogen-bond donors (Lipinski definition) is 1. The summed E-state index contributed by atoms with van der Waals surface area (Å²) >= 11 is 0. The Morgan fingerprint density at radius 2 is 1.95 bits per heavy atom. The lowest BCUT2D eigenvalue weighted by Gasteiger charge is -2.36. The fourth-order valence-electron chi connectivity index (χ4n) is 2.97. The highest BCUT2D eigenvalue weighted by Gasteiger charge is 2.43. The lowest BCUT2D eigenvalue weighted by atomic mass is 9.74. The van der Waals surface area contributed by atoms with E-state index in [0.29, 0.717) is 13.1 Å². The first-order valence-corrected chi connectivity index (χ1v) is 8.01. The van der Waals surface area contributed by atoms with Crippen molar-refractivity contribution in [1.29, 1.82) is 0 Å². The number of nitrogens with zero attached hydrogens (tertiary/aromatic N) is 3. The van der Waals surface area contributed by atoms with Gasteiger partial charge < -0.3 is 14.7 Å². The highest BCUT2D eigenvalue weighted by Crippen LogP contribution is 2.36. The van der Waals surface area contributed by atoms with Crippen LogP contribution in [0.5, 0.6) is 0 Å². The number of rotatable bonds is 2. The molecule has 0 aromatic carbocycles. The number of ether oxygens (including phenoxy) is 1. The summed E-state index contributed by atoms with van der Waals surface area (Å²) in [5.74, 6) is 0.372. The maximum Gasteiger partial charge on any atom is 0.410 e. The largest absolute Gasteiger partial charge is 0.495 e. The van der Waals surface area contributed by atoms with Crippen LogP contribution in [0.2, 0.25) is 0 Å². The van der Waals surface area contributed by atoms with Gasteiger partial charge in [0, 0.05) is 19.0 Å². The van der Waals surface area contributed by atoms with Crippen LogP contribution in [0.3, 0.4) is 0 Å². The third-order valence-electron chi connectivity index (χ3n) is 4.55. The van der Waals surface area contributed by atoms with E-state index < -0.39 is 11.0 Å². The average molecular weight is 309 g/mol. The Bertz CT molecular complexity index is 499. The SMILES string of the molecule is CCC1(C)C(O)=NN=C1C1CCN(C(=O)OC(C)(C)C)CC1. The van der Waals surface area contributed by atoms with Crippen molar-refractivity contribution in [3.63, 3.8) is 0 Å². The minimum Gasteiger partial charge on any atom is -0.495 e. The molecular weight excluding hydrogens is 282 g/mol. The van der Waals surface area contributed by atoms with Crippen LogP contribution >= 0.6 is 0 Å². The first kappa shape index (κ1) is 16.8. The number of carbonyl (C=O) groups excluding carboxylic acids is 1. The lowest BCUT2D eigenvalue weighted by Crippen LogP contribution is -2.45. The molecule has 2 rings (SSSR count). The minimum absolute atomic E-state index is 0.111. The van der Waals surface area contributed by atoms with Gasteiger partial charge in [-0.1, -0.05) is 6.92 Å². The summed E-state index contributed by atoms with van der Waals surface area (Å²) in [7, 11) is 0. The molecular formula is C16H27N3O3. The maximum absolute atomic E-state index is 12.1. The summed E-state index contributed by atoms with van der Waals surface area (Å²) in [5.41, 5.74) is 0.0409. The van der Waals surface area contributed by atoms with E-state index in [1.807, 2.05) is 34.6 Å². The van der Waals surface area contributed by atoms with Crippen molar-refractivity contribution in [2.75, 3.05) is 13.1 Å². The topological polar surface area (TPSA) is 74.5 Å². The number of aliphatic hydroxyl groups is 1. The Balaban J connectivity index is 1.95. The second kappa shape index (κ2) is 5.89. The van der Waals surface area contributed by atoms with E-state index >= 15 is 0 Å². The zero-order valence-electron chi connectivity index (χ0n) is 14.2. The number of piperidine rings is 1. The second-order valence-corrected chi connectivity index (χ2v) is 7.34. The van der Waals surface area contributed by atoms with Crippen molar-refractivity contribution in [3.05, 3.63) is 0 Å². The van der Waals surface area contributed by atoms with Gasteiger partial charge >= 0.3 is 6.09 Å². The Morgan fingerprint density at radius 1 is 1.36 bits per heavy atom. The molecule has 6 nitrogen and oxygen atoms in total. The van der Waals surface area contributed by atoms with Crippen molar-refractivity contribution >= 4 is 17.7 Å². The summed E-state index contributed by atoms with van der Waals surface area (Å²) < 4.78 is 5.41. The van der Waals surface area contributed by atoms with Crippen LogP contribution in [-0.4, -0.2) is 46.4 Å². The summed E-state index contributed by atoms with van der Waals surface area (Å²) in [6.07, 6.45) is 2.18. The van der Waals surface area contributed by atoms with Crippen LogP contribution in [0.4, 0.5) is 4.79 Å². The molecule has 1 saturated heterocycles. The van der Waals surface area contributed by atoms with Crippen LogP contribution < -0.4 is 0 Å². The molecule has 0 radical (unpaired) electrons. The molecule has 2 heterocycles. The van der Waals surface area contributed by atoms with E-state index in [-0.39, 0.29) is 17.9 Å². The standard InChI is InChI=1S/C16H27N3O3/c1-6-16(5)12(17-18-13(16)20)11-7-9-19(10-8-11)14(21)22-15(2,3)4/h11H,6-10H2,1-5H3,(H,18,20). The fourth-order valence-corrected chi connectivity index (χ4v) is 2.97. The second-order valence-electron chi connectivity index (χ2n) is 7.34. The Hall–Kier alpha value is -1.59. The van der Waals surface area contributed by atoms with E-state index in [9.17, 15) is 9.90 Å². The number of carbonyl (C=O) groups is 1. The first-order valence-electron chi connectivity index (χ1n) is 8.01. The van der Waals surface area contributed by atoms with Gasteiger partial charge in [-0.15, -0.1) is 5.10 Å². The Kier molecular flexibility index (Phi) is 4.49. The van der Waals surface area contributed by atoms with Gasteiger partial charge in [0.25, 0.3) is 0 Å². The molecule has 0 aliphatic carbocycles. The van der Waals surface area contributed by atoms with Crippen LogP contribution in [0, 0.1) is 11.3 Å². The van der Waals surface area contributed by atoms with Crippen LogP contribution in [0.15, 0.2) is 10.2 Å². The number of amides is 1. The fraction of sp³-hybridized carbons (Fsp3) is 0.812. The van der Waals surface area contributed by atoms with Gasteiger partial charge in [0.15, 0.2) is 0 Å². The average Bonchev–Trinajstić information content (AvgIpc) is 2.74. The quantitative estimate of drug-likeness (QED) is 0.849. The normalized spacial score (nSPS) is 26.7. The zero-order valence-corrected chi connectivity index (χ0v) is 14.2. The zero-order chi connectivity index (χ0) is 16.5. The smallest absolute Gasteiger partial charge is 0.410 e. The molecule has 0 spiro atoms. The predicted molar refractivity (Wildman–Crippen MR) is 86.4 cm³/mol. The third-order valence-corrected chi connectivity index (χ3v) is 4.55. The highest BCUT2D eigenvalue weighted by atomic mass is 16.6. The van der Waals surface area contributed by atoms with E-state index in [0.717, 1.165) is 25.0 Å². The summed E-state index contributed by atoms with van der Waals surface area (Å²) in [6.45, 7) is 10.9. The monoisotopic (exact) mass is 309 g/mol. The van der Waals surface area contributed by atoms with E-state index in [2.05, 4.69) is 10.2 Å². The Labute approximate surface area is 132 Å². The third kappa shape index (κ3) is 3.25. The van der Waals surface area contributed by atoms with Gasteiger partial charge in [0.1, 0.15) is 5.60 Å². The lowest BCUT2D eigenvalue weighted by molar-refractivity contribution is 0.0200. The van der Waals surface area contributed by atoms with Crippen LogP contribution in [0.25, 0.3) is 0 Å². The molecule has 2 aliphatic rings. The Morgan fingerprint density at radius 3 is 2.45 bits per heavy atom. The number of hydrogen-bond acceptors (Lipinski definition) is 4. The van der Waals surface area contributed by atoms with Crippen molar-refractivity contribution in [3.8, 4) is 0 Å². The van der Waals surface area contributed by atoms with Gasteiger partial charge in [-0.05, 0) is 47.0 Å². The molecule has 0 saturated carbocycles. The van der Waals surface area contributed by atoms with Gasteiger partial charge in [-0.3, -0.25) is 0 Å². The van der Waals surface area contributed by atoms with E-state index in [4.69, 9.17) is 4.74 Å². The molecule has 124 valence electrons. The van der Waals surface area contributed by atoms with Gasteiger partial charge in [0.05, 0.1) is 11.1 Å². The van der Waals surface area contributed by atoms with E-state index in [1.165, 1.54) is 0 Å².